The van der Waals surface area contributed by atoms with Gasteiger partial charge in [-0.2, -0.15) is 0 Å². The Balaban J connectivity index is 2.49. The van der Waals surface area contributed by atoms with E-state index in [0.29, 0.717) is 22.8 Å². The van der Waals surface area contributed by atoms with Crippen LogP contribution in [0, 0.1) is 0 Å². The van der Waals surface area contributed by atoms with Crippen LogP contribution in [0.3, 0.4) is 0 Å². The van der Waals surface area contributed by atoms with E-state index >= 15 is 0 Å². The Bertz CT molecular complexity index is 1170. The molecule has 2 aromatic carbocycles. The van der Waals surface area contributed by atoms with Gasteiger partial charge in [-0.15, -0.1) is 0 Å². The Hall–Kier alpha value is -2.98. The van der Waals surface area contributed by atoms with Gasteiger partial charge in [0.25, 0.3) is 0 Å². The SMILES string of the molecule is CC[C@H](C)NC(=O)[C@H](C)N(Cc1ccccc1Cl)C(=O)CN(c1cc(OC)ccc1OC)S(C)(=O)=O. The van der Waals surface area contributed by atoms with Crippen LogP contribution < -0.4 is 19.1 Å². The number of carbonyl (C=O) groups is 2. The molecule has 0 bridgehead atoms. The van der Waals surface area contributed by atoms with E-state index in [4.69, 9.17) is 21.1 Å². The average Bonchev–Trinajstić information content (AvgIpc) is 2.84. The molecule has 0 saturated heterocycles. The Kier molecular flexibility index (Phi) is 10.4. The minimum atomic E-state index is -3.93. The molecule has 0 radical (unpaired) electrons. The molecule has 0 unspecified atom stereocenters. The van der Waals surface area contributed by atoms with E-state index < -0.39 is 28.5 Å². The lowest BCUT2D eigenvalue weighted by molar-refractivity contribution is -0.139. The van der Waals surface area contributed by atoms with Crippen LogP contribution >= 0.6 is 11.6 Å². The summed E-state index contributed by atoms with van der Waals surface area (Å²) in [5.41, 5.74) is 0.766. The van der Waals surface area contributed by atoms with Crippen molar-refractivity contribution in [3.63, 3.8) is 0 Å². The molecule has 2 amide bonds. The van der Waals surface area contributed by atoms with Crippen molar-refractivity contribution in [2.75, 3.05) is 31.3 Å². The molecule has 0 aliphatic heterocycles. The number of benzene rings is 2. The molecule has 2 atom stereocenters. The van der Waals surface area contributed by atoms with Crippen molar-refractivity contribution in [1.82, 2.24) is 10.2 Å². The van der Waals surface area contributed by atoms with Gasteiger partial charge >= 0.3 is 0 Å². The summed E-state index contributed by atoms with van der Waals surface area (Å²) >= 11 is 6.34. The average molecular weight is 540 g/mol. The predicted molar refractivity (Wildman–Crippen MR) is 141 cm³/mol. The summed E-state index contributed by atoms with van der Waals surface area (Å²) in [7, 11) is -1.08. The second-order valence-corrected chi connectivity index (χ2v) is 10.7. The third kappa shape index (κ3) is 7.51. The van der Waals surface area contributed by atoms with Crippen LogP contribution in [0.5, 0.6) is 11.5 Å². The number of rotatable bonds is 12. The van der Waals surface area contributed by atoms with Crippen molar-refractivity contribution in [3.05, 3.63) is 53.1 Å². The van der Waals surface area contributed by atoms with E-state index in [1.54, 1.807) is 43.3 Å². The lowest BCUT2D eigenvalue weighted by atomic mass is 10.1. The third-order valence-corrected chi connectivity index (χ3v) is 7.30. The number of hydrogen-bond acceptors (Lipinski definition) is 6. The summed E-state index contributed by atoms with van der Waals surface area (Å²) in [6.07, 6.45) is 1.71. The molecule has 11 heteroatoms. The first kappa shape index (κ1) is 29.3. The zero-order valence-corrected chi connectivity index (χ0v) is 23.0. The van der Waals surface area contributed by atoms with Crippen LogP contribution in [-0.2, 0) is 26.2 Å². The molecule has 9 nitrogen and oxygen atoms in total. The topological polar surface area (TPSA) is 105 Å². The van der Waals surface area contributed by atoms with Gasteiger partial charge < -0.3 is 19.7 Å². The molecule has 0 spiro atoms. The number of carbonyl (C=O) groups excluding carboxylic acids is 2. The lowest BCUT2D eigenvalue weighted by Gasteiger charge is -2.32. The second kappa shape index (κ2) is 12.8. The van der Waals surface area contributed by atoms with E-state index in [2.05, 4.69) is 5.32 Å². The minimum Gasteiger partial charge on any atom is -0.497 e. The second-order valence-electron chi connectivity index (χ2n) is 8.41. The van der Waals surface area contributed by atoms with Gasteiger partial charge in [0.15, 0.2) is 0 Å². The quantitative estimate of drug-likeness (QED) is 0.443. The van der Waals surface area contributed by atoms with Crippen molar-refractivity contribution in [3.8, 4) is 11.5 Å². The highest BCUT2D eigenvalue weighted by Gasteiger charge is 2.32. The van der Waals surface area contributed by atoms with Crippen molar-refractivity contribution in [1.29, 1.82) is 0 Å². The highest BCUT2D eigenvalue weighted by Crippen LogP contribution is 2.34. The molecule has 0 aliphatic rings. The fraction of sp³-hybridized carbons (Fsp3) is 0.440. The van der Waals surface area contributed by atoms with Crippen molar-refractivity contribution in [2.45, 2.75) is 45.8 Å². The molecule has 0 heterocycles. The van der Waals surface area contributed by atoms with Crippen LogP contribution in [0.1, 0.15) is 32.8 Å². The standard InChI is InChI=1S/C25H34ClN3O6S/c1-7-17(2)27-25(31)18(3)28(15-19-10-8-9-11-21(19)26)24(30)16-29(36(6,32)33)22-14-20(34-4)12-13-23(22)35-5/h8-14,17-18H,7,15-16H2,1-6H3,(H,27,31)/t17-,18-/m0/s1. The number of nitrogens with one attached hydrogen (secondary N) is 1. The molecule has 2 aromatic rings. The van der Waals surface area contributed by atoms with Gasteiger partial charge in [-0.05, 0) is 44.0 Å². The maximum atomic E-state index is 13.7. The van der Waals surface area contributed by atoms with Crippen LogP contribution in [-0.4, -0.2) is 64.2 Å². The van der Waals surface area contributed by atoms with E-state index in [1.807, 2.05) is 13.8 Å². The van der Waals surface area contributed by atoms with Crippen LogP contribution in [0.2, 0.25) is 5.02 Å². The largest absolute Gasteiger partial charge is 0.497 e. The Labute approximate surface area is 218 Å². The number of hydrogen-bond donors (Lipinski definition) is 1. The fourth-order valence-electron chi connectivity index (χ4n) is 3.44. The van der Waals surface area contributed by atoms with Gasteiger partial charge in [-0.25, -0.2) is 8.42 Å². The van der Waals surface area contributed by atoms with Gasteiger partial charge in [-0.3, -0.25) is 13.9 Å². The zero-order valence-electron chi connectivity index (χ0n) is 21.4. The van der Waals surface area contributed by atoms with E-state index in [9.17, 15) is 18.0 Å². The first-order valence-corrected chi connectivity index (χ1v) is 13.7. The molecule has 198 valence electrons. The van der Waals surface area contributed by atoms with Gasteiger partial charge in [0, 0.05) is 23.7 Å². The molecular formula is C25H34ClN3O6S. The van der Waals surface area contributed by atoms with Gasteiger partial charge in [0.1, 0.15) is 24.1 Å². The zero-order chi connectivity index (χ0) is 27.0. The summed E-state index contributed by atoms with van der Waals surface area (Å²) in [6.45, 7) is 4.86. The molecule has 2 rings (SSSR count). The summed E-state index contributed by atoms with van der Waals surface area (Å²) in [4.78, 5) is 28.0. The Morgan fingerprint density at radius 2 is 1.75 bits per heavy atom. The number of nitrogens with zero attached hydrogens (tertiary/aromatic N) is 2. The normalized spacial score (nSPS) is 12.9. The summed E-state index contributed by atoms with van der Waals surface area (Å²) < 4.78 is 37.2. The molecule has 0 fully saturated rings. The predicted octanol–water partition coefficient (Wildman–Crippen LogP) is 3.46. The van der Waals surface area contributed by atoms with E-state index in [0.717, 1.165) is 10.6 Å². The number of sulfonamides is 1. The third-order valence-electron chi connectivity index (χ3n) is 5.80. The molecule has 0 aromatic heterocycles. The van der Waals surface area contributed by atoms with Crippen molar-refractivity contribution < 1.29 is 27.5 Å². The number of anilines is 1. The smallest absolute Gasteiger partial charge is 0.244 e. The number of halogens is 1. The fourth-order valence-corrected chi connectivity index (χ4v) is 4.49. The maximum Gasteiger partial charge on any atom is 0.244 e. The van der Waals surface area contributed by atoms with Crippen LogP contribution in [0.25, 0.3) is 0 Å². The van der Waals surface area contributed by atoms with E-state index in [-0.39, 0.29) is 29.9 Å². The lowest BCUT2D eigenvalue weighted by Crippen LogP contribution is -2.52. The Morgan fingerprint density at radius 1 is 1.08 bits per heavy atom. The van der Waals surface area contributed by atoms with Crippen LogP contribution in [0.4, 0.5) is 5.69 Å². The summed E-state index contributed by atoms with van der Waals surface area (Å²) in [6, 6.07) is 10.6. The summed E-state index contributed by atoms with van der Waals surface area (Å²) in [5, 5.41) is 3.31. The highest BCUT2D eigenvalue weighted by atomic mass is 35.5. The monoisotopic (exact) mass is 539 g/mol. The molecule has 0 saturated carbocycles. The Morgan fingerprint density at radius 3 is 2.31 bits per heavy atom. The minimum absolute atomic E-state index is 0.0143. The van der Waals surface area contributed by atoms with Gasteiger partial charge in [-0.1, -0.05) is 36.7 Å². The first-order valence-electron chi connectivity index (χ1n) is 11.5. The first-order chi connectivity index (χ1) is 16.9. The highest BCUT2D eigenvalue weighted by molar-refractivity contribution is 7.92. The van der Waals surface area contributed by atoms with Gasteiger partial charge in [0.2, 0.25) is 21.8 Å². The number of amides is 2. The number of methoxy groups -OCH3 is 2. The summed E-state index contributed by atoms with van der Waals surface area (Å²) in [5.74, 6) is -0.304. The van der Waals surface area contributed by atoms with E-state index in [1.165, 1.54) is 25.2 Å². The van der Waals surface area contributed by atoms with Gasteiger partial charge in [0.05, 0.1) is 26.2 Å². The number of ether oxygens (including phenoxy) is 2. The molecule has 0 aliphatic carbocycles. The van der Waals surface area contributed by atoms with Crippen LogP contribution in [0.15, 0.2) is 42.5 Å². The van der Waals surface area contributed by atoms with Crippen molar-refractivity contribution >= 4 is 39.1 Å². The maximum absolute atomic E-state index is 13.7. The van der Waals surface area contributed by atoms with Crippen molar-refractivity contribution in [2.24, 2.45) is 0 Å². The molecule has 1 N–H and O–H groups in total. The molecular weight excluding hydrogens is 506 g/mol. The molecule has 36 heavy (non-hydrogen) atoms.